The van der Waals surface area contributed by atoms with Crippen molar-refractivity contribution in [2.75, 3.05) is 0 Å². The van der Waals surface area contributed by atoms with Crippen LogP contribution in [0.5, 0.6) is 0 Å². The molecule has 0 fully saturated rings. The normalized spacial score (nSPS) is 13.3. The van der Waals surface area contributed by atoms with Gasteiger partial charge in [0.2, 0.25) is 0 Å². The first-order chi connectivity index (χ1) is 22.7. The van der Waals surface area contributed by atoms with E-state index in [9.17, 15) is 5.11 Å². The van der Waals surface area contributed by atoms with Gasteiger partial charge in [0.1, 0.15) is 6.10 Å². The molecule has 0 saturated carbocycles. The van der Waals surface area contributed by atoms with Gasteiger partial charge in [0, 0.05) is 0 Å². The first kappa shape index (κ1) is 29.5. The lowest BCUT2D eigenvalue weighted by Gasteiger charge is -2.14. The van der Waals surface area contributed by atoms with Crippen molar-refractivity contribution in [3.63, 3.8) is 0 Å². The Labute approximate surface area is 272 Å². The minimum absolute atomic E-state index is 0.648. The lowest BCUT2D eigenvalue weighted by molar-refractivity contribution is 0.220. The molecular weight excluding hydrogens is 556 g/mol. The third kappa shape index (κ3) is 7.01. The highest BCUT2D eigenvalue weighted by molar-refractivity contribution is 5.81. The van der Waals surface area contributed by atoms with Crippen LogP contribution in [0, 0.1) is 0 Å². The third-order valence-electron chi connectivity index (χ3n) is 8.91. The Kier molecular flexibility index (Phi) is 8.85. The molecule has 46 heavy (non-hydrogen) atoms. The van der Waals surface area contributed by atoms with E-state index in [0.717, 1.165) is 47.9 Å². The Morgan fingerprint density at radius 1 is 0.435 bits per heavy atom. The zero-order valence-electron chi connectivity index (χ0n) is 26.0. The molecule has 0 heterocycles. The summed E-state index contributed by atoms with van der Waals surface area (Å²) in [4.78, 5) is 0. The molecule has 1 unspecified atom stereocenters. The Bertz CT molecular complexity index is 1950. The van der Waals surface area contributed by atoms with Crippen molar-refractivity contribution >= 4 is 0 Å². The number of benzene rings is 6. The van der Waals surface area contributed by atoms with E-state index in [0.29, 0.717) is 0 Å². The fourth-order valence-electron chi connectivity index (χ4n) is 6.31. The maximum Gasteiger partial charge on any atom is 0.104 e. The topological polar surface area (TPSA) is 20.2 Å². The molecule has 1 aliphatic carbocycles. The monoisotopic (exact) mass is 594 g/mol. The molecule has 0 aromatic heterocycles. The van der Waals surface area contributed by atoms with Gasteiger partial charge in [-0.15, -0.1) is 0 Å². The van der Waals surface area contributed by atoms with Gasteiger partial charge < -0.3 is 5.11 Å². The molecule has 1 nitrogen and oxygen atoms in total. The summed E-state index contributed by atoms with van der Waals surface area (Å²) in [5.74, 6) is 0. The van der Waals surface area contributed by atoms with Crippen molar-refractivity contribution in [3.8, 4) is 33.4 Å². The van der Waals surface area contributed by atoms with Crippen LogP contribution in [0.2, 0.25) is 0 Å². The molecule has 0 aliphatic heterocycles. The summed E-state index contributed by atoms with van der Waals surface area (Å²) in [5.41, 5.74) is 14.2. The van der Waals surface area contributed by atoms with E-state index in [4.69, 9.17) is 0 Å². The highest BCUT2D eigenvalue weighted by Crippen LogP contribution is 2.34. The van der Waals surface area contributed by atoms with E-state index in [-0.39, 0.29) is 0 Å². The van der Waals surface area contributed by atoms with Gasteiger partial charge in [-0.2, -0.15) is 0 Å². The van der Waals surface area contributed by atoms with Crippen LogP contribution in [0.1, 0.15) is 46.8 Å². The van der Waals surface area contributed by atoms with Gasteiger partial charge in [0.15, 0.2) is 0 Å². The molecule has 0 amide bonds. The predicted octanol–water partition coefficient (Wildman–Crippen LogP) is 11.2. The molecule has 6 aromatic rings. The van der Waals surface area contributed by atoms with Gasteiger partial charge in [-0.3, -0.25) is 0 Å². The summed E-state index contributed by atoms with van der Waals surface area (Å²) < 4.78 is 0. The molecule has 224 valence electrons. The van der Waals surface area contributed by atoms with Crippen LogP contribution in [0.25, 0.3) is 33.4 Å². The van der Waals surface area contributed by atoms with Crippen LogP contribution < -0.4 is 0 Å². The van der Waals surface area contributed by atoms with Crippen molar-refractivity contribution in [2.24, 2.45) is 0 Å². The lowest BCUT2D eigenvalue weighted by Crippen LogP contribution is -1.99. The third-order valence-corrected chi connectivity index (χ3v) is 8.91. The molecule has 0 bridgehead atoms. The Morgan fingerprint density at radius 3 is 1.41 bits per heavy atom. The maximum absolute atomic E-state index is 11.0. The zero-order chi connectivity index (χ0) is 31.1. The first-order valence-electron chi connectivity index (χ1n) is 16.2. The van der Waals surface area contributed by atoms with Crippen molar-refractivity contribution in [1.82, 2.24) is 0 Å². The second kappa shape index (κ2) is 13.8. The van der Waals surface area contributed by atoms with E-state index in [1.165, 1.54) is 44.5 Å². The van der Waals surface area contributed by atoms with Gasteiger partial charge in [0.25, 0.3) is 0 Å². The van der Waals surface area contributed by atoms with Crippen LogP contribution in [-0.2, 0) is 12.8 Å². The van der Waals surface area contributed by atoms with Crippen LogP contribution in [0.4, 0.5) is 0 Å². The molecule has 1 N–H and O–H groups in total. The second-order valence-electron chi connectivity index (χ2n) is 12.2. The van der Waals surface area contributed by atoms with E-state index in [1.807, 2.05) is 42.5 Å². The second-order valence-corrected chi connectivity index (χ2v) is 12.2. The fraction of sp³-hybridized carbons (Fsp3) is 0.111. The molecule has 7 rings (SSSR count). The van der Waals surface area contributed by atoms with Gasteiger partial charge in [-0.05, 0) is 111 Å². The minimum atomic E-state index is -0.648. The number of hydrogen-bond acceptors (Lipinski definition) is 1. The van der Waals surface area contributed by atoms with Crippen molar-refractivity contribution in [2.45, 2.75) is 31.8 Å². The van der Waals surface area contributed by atoms with E-state index >= 15 is 0 Å². The number of aliphatic hydroxyl groups excluding tert-OH is 1. The average molecular weight is 595 g/mol. The number of aliphatic hydroxyl groups is 1. The number of allylic oxidation sites excluding steroid dienone is 4. The summed E-state index contributed by atoms with van der Waals surface area (Å²) in [5, 5.41) is 11.0. The van der Waals surface area contributed by atoms with Gasteiger partial charge in [-0.25, -0.2) is 0 Å². The van der Waals surface area contributed by atoms with Gasteiger partial charge in [0.05, 0.1) is 0 Å². The van der Waals surface area contributed by atoms with Gasteiger partial charge in [-0.1, -0.05) is 152 Å². The minimum Gasteiger partial charge on any atom is -0.384 e. The summed E-state index contributed by atoms with van der Waals surface area (Å²) in [6, 6.07) is 53.7. The molecular formula is C45H38O. The zero-order valence-corrected chi connectivity index (χ0v) is 26.0. The lowest BCUT2D eigenvalue weighted by atomic mass is 9.91. The molecule has 1 heteroatoms. The number of hydrogen-bond donors (Lipinski definition) is 1. The maximum atomic E-state index is 11.0. The summed E-state index contributed by atoms with van der Waals surface area (Å²) in [6.07, 6.45) is 10.4. The highest BCUT2D eigenvalue weighted by atomic mass is 16.3. The largest absolute Gasteiger partial charge is 0.384 e. The molecule has 1 aliphatic rings. The van der Waals surface area contributed by atoms with Crippen LogP contribution >= 0.6 is 0 Å². The molecule has 0 saturated heterocycles. The highest BCUT2D eigenvalue weighted by Gasteiger charge is 2.12. The Balaban J connectivity index is 1.21. The van der Waals surface area contributed by atoms with Crippen LogP contribution in [0.15, 0.2) is 175 Å². The molecule has 0 spiro atoms. The SMILES string of the molecule is OC(c1ccccc1)c1ccc(-c2cc(-c3ccc(CC4=CCCC=C4)cc3)cc(-c3ccc(Cc4ccccc4)cc3)c2)cc1. The van der Waals surface area contributed by atoms with Crippen molar-refractivity contribution in [1.29, 1.82) is 0 Å². The molecule has 1 atom stereocenters. The standard InChI is InChI=1S/C45H38O/c46-45(40-14-8-3-9-15-40)41-26-24-39(25-27-41)44-31-42(37-20-16-35(17-21-37)28-33-10-4-1-5-11-33)30-43(32-44)38-22-18-36(19-23-38)29-34-12-6-2-7-13-34/h1,3-6,8-27,30-32,45-46H,2,7,28-29H2. The smallest absolute Gasteiger partial charge is 0.104 e. The van der Waals surface area contributed by atoms with Crippen molar-refractivity contribution < 1.29 is 5.11 Å². The predicted molar refractivity (Wildman–Crippen MR) is 193 cm³/mol. The van der Waals surface area contributed by atoms with Gasteiger partial charge >= 0.3 is 0 Å². The molecule has 0 radical (unpaired) electrons. The summed E-state index contributed by atoms with van der Waals surface area (Å²) in [7, 11) is 0. The van der Waals surface area contributed by atoms with Crippen LogP contribution in [-0.4, -0.2) is 5.11 Å². The number of rotatable bonds is 9. The average Bonchev–Trinajstić information content (AvgIpc) is 3.13. The Hall–Kier alpha value is -5.24. The summed E-state index contributed by atoms with van der Waals surface area (Å²) in [6.45, 7) is 0. The van der Waals surface area contributed by atoms with Crippen LogP contribution in [0.3, 0.4) is 0 Å². The quantitative estimate of drug-likeness (QED) is 0.177. The van der Waals surface area contributed by atoms with E-state index in [2.05, 4.69) is 127 Å². The first-order valence-corrected chi connectivity index (χ1v) is 16.2. The van der Waals surface area contributed by atoms with E-state index in [1.54, 1.807) is 0 Å². The van der Waals surface area contributed by atoms with E-state index < -0.39 is 6.10 Å². The molecule has 6 aromatic carbocycles. The Morgan fingerprint density at radius 2 is 0.891 bits per heavy atom. The fourth-order valence-corrected chi connectivity index (χ4v) is 6.31. The summed E-state index contributed by atoms with van der Waals surface area (Å²) >= 11 is 0. The van der Waals surface area contributed by atoms with Crippen molar-refractivity contribution in [3.05, 3.63) is 203 Å².